The Morgan fingerprint density at radius 3 is 2.37 bits per heavy atom. The van der Waals surface area contributed by atoms with Gasteiger partial charge in [0, 0.05) is 18.6 Å². The number of sulfonamides is 1. The van der Waals surface area contributed by atoms with Gasteiger partial charge in [0.05, 0.1) is 30.2 Å². The van der Waals surface area contributed by atoms with Crippen molar-refractivity contribution in [2.45, 2.75) is 11.3 Å². The minimum absolute atomic E-state index is 0.134. The fraction of sp³-hybridized carbons (Fsp3) is 0.263. The van der Waals surface area contributed by atoms with Gasteiger partial charge >= 0.3 is 0 Å². The lowest BCUT2D eigenvalue weighted by molar-refractivity contribution is 0.0951. The van der Waals surface area contributed by atoms with E-state index in [4.69, 9.17) is 38.4 Å². The van der Waals surface area contributed by atoms with E-state index in [0.29, 0.717) is 16.3 Å². The molecule has 2 aromatic carbocycles. The third kappa shape index (κ3) is 5.39. The molecule has 0 fully saturated rings. The summed E-state index contributed by atoms with van der Waals surface area (Å²) < 4.78 is 35.1. The number of primary sulfonamides is 1. The summed E-state index contributed by atoms with van der Waals surface area (Å²) in [5.74, 6) is 0.231. The first-order valence-electron chi connectivity index (χ1n) is 8.70. The summed E-state index contributed by atoms with van der Waals surface area (Å²) in [4.78, 5) is 12.6. The van der Waals surface area contributed by atoms with Crippen molar-refractivity contribution >= 4 is 44.7 Å². The van der Waals surface area contributed by atoms with Crippen molar-refractivity contribution in [2.24, 2.45) is 5.14 Å². The molecule has 0 atom stereocenters. The molecule has 1 amide bonds. The molecule has 4 N–H and O–H groups in total. The Hall–Kier alpha value is -2.40. The van der Waals surface area contributed by atoms with Crippen molar-refractivity contribution in [3.8, 4) is 11.5 Å². The van der Waals surface area contributed by atoms with Crippen LogP contribution in [0.4, 0.5) is 0 Å². The van der Waals surface area contributed by atoms with Crippen LogP contribution < -0.4 is 25.2 Å². The fourth-order valence-corrected chi connectivity index (χ4v) is 4.37. The Morgan fingerprint density at radius 2 is 1.80 bits per heavy atom. The summed E-state index contributed by atoms with van der Waals surface area (Å²) >= 11 is 11.2. The van der Waals surface area contributed by atoms with E-state index in [2.05, 4.69) is 10.6 Å². The number of ether oxygens (including phenoxy) is 2. The van der Waals surface area contributed by atoms with Crippen LogP contribution in [0, 0.1) is 0 Å². The van der Waals surface area contributed by atoms with E-state index in [-0.39, 0.29) is 39.7 Å². The number of carbonyl (C=O) groups excluding carboxylic acids is 1. The van der Waals surface area contributed by atoms with Crippen molar-refractivity contribution in [3.63, 3.8) is 0 Å². The molecule has 0 saturated heterocycles. The molecule has 0 aliphatic rings. The number of thiocarbonyl (C=S) groups is 1. The molecule has 0 spiro atoms. The second kappa shape index (κ2) is 10.1. The van der Waals surface area contributed by atoms with Gasteiger partial charge in [-0.25, -0.2) is 13.6 Å². The number of benzene rings is 2. The second-order valence-corrected chi connectivity index (χ2v) is 8.45. The van der Waals surface area contributed by atoms with Crippen LogP contribution in [-0.2, 0) is 16.4 Å². The number of hydrogen-bond donors (Lipinski definition) is 3. The monoisotopic (exact) mass is 471 g/mol. The van der Waals surface area contributed by atoms with E-state index in [1.807, 2.05) is 0 Å². The molecule has 2 rings (SSSR count). The molecule has 0 heterocycles. The average Bonchev–Trinajstić information content (AvgIpc) is 2.71. The number of amides is 1. The van der Waals surface area contributed by atoms with Gasteiger partial charge in [-0.1, -0.05) is 29.9 Å². The van der Waals surface area contributed by atoms with Crippen LogP contribution in [0.1, 0.15) is 21.5 Å². The normalized spacial score (nSPS) is 11.0. The van der Waals surface area contributed by atoms with Crippen molar-refractivity contribution in [3.05, 3.63) is 52.0 Å². The molecule has 0 radical (unpaired) electrons. The smallest absolute Gasteiger partial charge is 0.255 e. The number of hydrogen-bond acceptors (Lipinski definition) is 6. The van der Waals surface area contributed by atoms with Crippen molar-refractivity contribution in [2.75, 3.05) is 27.8 Å². The second-order valence-electron chi connectivity index (χ2n) is 6.11. The van der Waals surface area contributed by atoms with Crippen LogP contribution in [0.5, 0.6) is 11.5 Å². The average molecular weight is 472 g/mol. The van der Waals surface area contributed by atoms with E-state index in [9.17, 15) is 13.2 Å². The van der Waals surface area contributed by atoms with Crippen molar-refractivity contribution < 1.29 is 22.7 Å². The Labute approximate surface area is 185 Å². The molecule has 0 aliphatic carbocycles. The third-order valence-corrected chi connectivity index (χ3v) is 5.92. The summed E-state index contributed by atoms with van der Waals surface area (Å²) in [7, 11) is 0.292. The molecular weight excluding hydrogens is 450 g/mol. The third-order valence-electron chi connectivity index (χ3n) is 4.25. The highest BCUT2D eigenvalue weighted by molar-refractivity contribution is 7.89. The predicted octanol–water partition coefficient (Wildman–Crippen LogP) is 1.87. The zero-order chi connectivity index (χ0) is 22.5. The first kappa shape index (κ1) is 23.9. The summed E-state index contributed by atoms with van der Waals surface area (Å²) in [6.45, 7) is 0.134. The molecule has 162 valence electrons. The molecular formula is C19H22ClN3O5S2. The maximum absolute atomic E-state index is 12.5. The summed E-state index contributed by atoms with van der Waals surface area (Å²) in [5.41, 5.74) is 0.838. The molecule has 30 heavy (non-hydrogen) atoms. The first-order chi connectivity index (χ1) is 14.1. The first-order valence-corrected chi connectivity index (χ1v) is 11.0. The molecule has 0 saturated carbocycles. The molecule has 8 nitrogen and oxygen atoms in total. The van der Waals surface area contributed by atoms with Crippen LogP contribution in [-0.4, -0.2) is 47.1 Å². The highest BCUT2D eigenvalue weighted by atomic mass is 35.5. The quantitative estimate of drug-likeness (QED) is 0.502. The Morgan fingerprint density at radius 1 is 1.17 bits per heavy atom. The van der Waals surface area contributed by atoms with E-state index in [1.54, 1.807) is 31.3 Å². The summed E-state index contributed by atoms with van der Waals surface area (Å²) in [6, 6.07) is 7.86. The molecule has 0 bridgehead atoms. The largest absolute Gasteiger partial charge is 0.496 e. The van der Waals surface area contributed by atoms with Gasteiger partial charge in [-0.15, -0.1) is 0 Å². The van der Waals surface area contributed by atoms with Gasteiger partial charge in [0.1, 0.15) is 16.5 Å². The molecule has 0 aromatic heterocycles. The number of nitrogens with two attached hydrogens (primary N) is 1. The Balaban J connectivity index is 2.32. The van der Waals surface area contributed by atoms with Crippen molar-refractivity contribution in [1.82, 2.24) is 10.6 Å². The van der Waals surface area contributed by atoms with Crippen LogP contribution in [0.3, 0.4) is 0 Å². The van der Waals surface area contributed by atoms with Gasteiger partial charge in [0.2, 0.25) is 10.0 Å². The summed E-state index contributed by atoms with van der Waals surface area (Å²) in [6.07, 6.45) is 0.184. The fourth-order valence-electron chi connectivity index (χ4n) is 2.90. The van der Waals surface area contributed by atoms with Gasteiger partial charge in [-0.2, -0.15) is 0 Å². The number of methoxy groups -OCH3 is 2. The Kier molecular flexibility index (Phi) is 8.02. The SMILES string of the molecule is CNC(=S)c1c(OC)ccc(CCNC(=O)c2cc(Cl)ccc2OC)c1S(N)(=O)=O. The maximum atomic E-state index is 12.5. The lowest BCUT2D eigenvalue weighted by Crippen LogP contribution is -2.28. The maximum Gasteiger partial charge on any atom is 0.255 e. The highest BCUT2D eigenvalue weighted by Crippen LogP contribution is 2.29. The van der Waals surface area contributed by atoms with Crippen LogP contribution in [0.25, 0.3) is 0 Å². The molecule has 0 aliphatic heterocycles. The van der Waals surface area contributed by atoms with E-state index in [1.165, 1.54) is 20.3 Å². The minimum Gasteiger partial charge on any atom is -0.496 e. The van der Waals surface area contributed by atoms with Crippen molar-refractivity contribution in [1.29, 1.82) is 0 Å². The topological polar surface area (TPSA) is 120 Å². The van der Waals surface area contributed by atoms with E-state index >= 15 is 0 Å². The zero-order valence-corrected chi connectivity index (χ0v) is 19.0. The molecule has 2 aromatic rings. The number of carbonyl (C=O) groups is 1. The van der Waals surface area contributed by atoms with Gasteiger partial charge in [0.25, 0.3) is 5.91 Å². The van der Waals surface area contributed by atoms with Crippen LogP contribution >= 0.6 is 23.8 Å². The van der Waals surface area contributed by atoms with Crippen LogP contribution in [0.2, 0.25) is 5.02 Å². The Bertz CT molecular complexity index is 1070. The van der Waals surface area contributed by atoms with E-state index < -0.39 is 15.9 Å². The minimum atomic E-state index is -4.13. The van der Waals surface area contributed by atoms with Gasteiger partial charge in [0.15, 0.2) is 0 Å². The number of nitrogens with one attached hydrogen (secondary N) is 2. The number of halogens is 1. The molecule has 11 heteroatoms. The predicted molar refractivity (Wildman–Crippen MR) is 119 cm³/mol. The zero-order valence-electron chi connectivity index (χ0n) is 16.6. The standard InChI is InChI=1S/C19H22ClN3O5S2/c1-22-19(29)16-15(28-3)6-4-11(17(16)30(21,25)26)8-9-23-18(24)13-10-12(20)5-7-14(13)27-2/h4-7,10H,8-9H2,1-3H3,(H,22,29)(H,23,24)(H2,21,25,26). The number of rotatable bonds is 8. The van der Waals surface area contributed by atoms with Gasteiger partial charge in [-0.3, -0.25) is 4.79 Å². The van der Waals surface area contributed by atoms with Crippen LogP contribution in [0.15, 0.2) is 35.2 Å². The highest BCUT2D eigenvalue weighted by Gasteiger charge is 2.25. The lowest BCUT2D eigenvalue weighted by atomic mass is 10.1. The molecule has 0 unspecified atom stereocenters. The summed E-state index contributed by atoms with van der Waals surface area (Å²) in [5, 5.41) is 11.3. The van der Waals surface area contributed by atoms with Gasteiger partial charge in [-0.05, 0) is 36.2 Å². The van der Waals surface area contributed by atoms with E-state index in [0.717, 1.165) is 0 Å². The lowest BCUT2D eigenvalue weighted by Gasteiger charge is -2.17. The van der Waals surface area contributed by atoms with Gasteiger partial charge < -0.3 is 20.1 Å².